The van der Waals surface area contributed by atoms with Crippen molar-refractivity contribution in [1.29, 1.82) is 0 Å². The van der Waals surface area contributed by atoms with Crippen LogP contribution in [-0.2, 0) is 17.7 Å². The van der Waals surface area contributed by atoms with Crippen molar-refractivity contribution in [3.05, 3.63) is 71.5 Å². The number of piperazine rings is 1. The van der Waals surface area contributed by atoms with Crippen molar-refractivity contribution >= 4 is 23.2 Å². The molecule has 0 bridgehead atoms. The Hall–Kier alpha value is -3.73. The second kappa shape index (κ2) is 13.0. The molecule has 3 N–H and O–H groups in total. The van der Waals surface area contributed by atoms with Gasteiger partial charge in [0.1, 0.15) is 5.75 Å². The molecule has 1 aromatic heterocycles. The minimum Gasteiger partial charge on any atom is -0.497 e. The summed E-state index contributed by atoms with van der Waals surface area (Å²) in [4.78, 5) is 30.4. The van der Waals surface area contributed by atoms with Gasteiger partial charge in [-0.1, -0.05) is 0 Å². The Morgan fingerprint density at radius 3 is 2.32 bits per heavy atom. The third-order valence-electron chi connectivity index (χ3n) is 6.34. The lowest BCUT2D eigenvalue weighted by molar-refractivity contribution is 0.0537. The molecular formula is C27H34N6O4. The topological polar surface area (TPSA) is 112 Å². The van der Waals surface area contributed by atoms with Crippen LogP contribution in [0.3, 0.4) is 0 Å². The number of rotatable bonds is 11. The van der Waals surface area contributed by atoms with Gasteiger partial charge in [0.2, 0.25) is 5.95 Å². The number of carbonyl (C=O) groups is 1. The number of benzene rings is 2. The van der Waals surface area contributed by atoms with Crippen molar-refractivity contribution in [2.45, 2.75) is 12.8 Å². The maximum Gasteiger partial charge on any atom is 0.274 e. The average Bonchev–Trinajstić information content (AvgIpc) is 2.94. The molecule has 1 fully saturated rings. The molecule has 10 heteroatoms. The normalized spacial score (nSPS) is 13.9. The molecule has 2 aromatic carbocycles. The van der Waals surface area contributed by atoms with Crippen LogP contribution < -0.4 is 20.4 Å². The summed E-state index contributed by atoms with van der Waals surface area (Å²) in [5.74, 6) is 0.827. The van der Waals surface area contributed by atoms with E-state index in [0.29, 0.717) is 23.7 Å². The number of hydrogen-bond donors (Lipinski definition) is 3. The molecule has 0 unspecified atom stereocenters. The van der Waals surface area contributed by atoms with Crippen LogP contribution in [0, 0.1) is 0 Å². The van der Waals surface area contributed by atoms with Gasteiger partial charge in [-0.2, -0.15) is 0 Å². The zero-order valence-corrected chi connectivity index (χ0v) is 21.3. The summed E-state index contributed by atoms with van der Waals surface area (Å²) in [5.41, 5.74) is 6.88. The van der Waals surface area contributed by atoms with Crippen LogP contribution in [-0.4, -0.2) is 79.4 Å². The van der Waals surface area contributed by atoms with Gasteiger partial charge in [-0.3, -0.25) is 14.5 Å². The third kappa shape index (κ3) is 7.39. The van der Waals surface area contributed by atoms with Crippen LogP contribution in [0.15, 0.2) is 54.9 Å². The van der Waals surface area contributed by atoms with Gasteiger partial charge in [0.05, 0.1) is 20.8 Å². The number of hydroxylamine groups is 1. The molecule has 0 aliphatic carbocycles. The number of aryl methyl sites for hydroxylation is 2. The van der Waals surface area contributed by atoms with E-state index in [1.54, 1.807) is 13.2 Å². The number of aliphatic hydroxyl groups is 1. The zero-order chi connectivity index (χ0) is 26.0. The summed E-state index contributed by atoms with van der Waals surface area (Å²) in [6.07, 6.45) is 5.05. The number of methoxy groups -OCH3 is 1. The molecule has 2 heterocycles. The molecule has 1 aliphatic heterocycles. The molecule has 4 rings (SSSR count). The number of carbonyl (C=O) groups excluding carboxylic acids is 1. The number of amides is 1. The Labute approximate surface area is 217 Å². The molecular weight excluding hydrogens is 472 g/mol. The Morgan fingerprint density at radius 1 is 0.973 bits per heavy atom. The van der Waals surface area contributed by atoms with Gasteiger partial charge >= 0.3 is 0 Å². The average molecular weight is 507 g/mol. The predicted molar refractivity (Wildman–Crippen MR) is 142 cm³/mol. The van der Waals surface area contributed by atoms with Gasteiger partial charge in [-0.25, -0.2) is 15.4 Å². The quantitative estimate of drug-likeness (QED) is 0.338. The van der Waals surface area contributed by atoms with Gasteiger partial charge in [-0.15, -0.1) is 0 Å². The molecule has 1 aliphatic rings. The van der Waals surface area contributed by atoms with E-state index in [-0.39, 0.29) is 12.5 Å². The summed E-state index contributed by atoms with van der Waals surface area (Å²) in [7, 11) is 2.97. The van der Waals surface area contributed by atoms with E-state index in [9.17, 15) is 4.79 Å². The first-order valence-electron chi connectivity index (χ1n) is 12.4. The highest BCUT2D eigenvalue weighted by molar-refractivity contribution is 5.94. The summed E-state index contributed by atoms with van der Waals surface area (Å²) in [6.45, 7) is 4.78. The number of aliphatic hydroxyl groups excluding tert-OH is 1. The van der Waals surface area contributed by atoms with E-state index < -0.39 is 0 Å². The largest absolute Gasteiger partial charge is 0.497 e. The van der Waals surface area contributed by atoms with Gasteiger partial charge in [0, 0.05) is 62.1 Å². The molecule has 37 heavy (non-hydrogen) atoms. The highest BCUT2D eigenvalue weighted by Crippen LogP contribution is 2.22. The van der Waals surface area contributed by atoms with Gasteiger partial charge in [0.15, 0.2) is 0 Å². The van der Waals surface area contributed by atoms with Crippen LogP contribution in [0.1, 0.15) is 21.5 Å². The predicted octanol–water partition coefficient (Wildman–Crippen LogP) is 2.42. The molecule has 196 valence electrons. The van der Waals surface area contributed by atoms with Gasteiger partial charge in [-0.05, 0) is 66.4 Å². The van der Waals surface area contributed by atoms with E-state index >= 15 is 0 Å². The van der Waals surface area contributed by atoms with E-state index in [4.69, 9.17) is 14.7 Å². The summed E-state index contributed by atoms with van der Waals surface area (Å²) in [6, 6.07) is 13.7. The van der Waals surface area contributed by atoms with Crippen LogP contribution in [0.4, 0.5) is 17.3 Å². The zero-order valence-electron chi connectivity index (χ0n) is 21.3. The lowest BCUT2D eigenvalue weighted by Crippen LogP contribution is -2.47. The van der Waals surface area contributed by atoms with E-state index in [1.807, 2.05) is 36.7 Å². The number of β-amino-alcohol motifs (C(OH)–C–C–N with tert-alkyl or cyclic N) is 1. The number of nitrogens with zero attached hydrogens (tertiary/aromatic N) is 4. The number of ether oxygens (including phenoxy) is 1. The lowest BCUT2D eigenvalue weighted by atomic mass is 10.0. The second-order valence-corrected chi connectivity index (χ2v) is 8.84. The molecule has 3 aromatic rings. The summed E-state index contributed by atoms with van der Waals surface area (Å²) in [5, 5.41) is 12.4. The smallest absolute Gasteiger partial charge is 0.274 e. The minimum absolute atomic E-state index is 0.210. The molecule has 1 saturated heterocycles. The fourth-order valence-corrected chi connectivity index (χ4v) is 4.30. The van der Waals surface area contributed by atoms with Gasteiger partial charge in [0.25, 0.3) is 5.91 Å². The van der Waals surface area contributed by atoms with Crippen molar-refractivity contribution in [2.24, 2.45) is 0 Å². The maximum atomic E-state index is 12.1. The Bertz CT molecular complexity index is 1150. The molecule has 0 saturated carbocycles. The number of nitrogens with one attached hydrogen (secondary N) is 2. The molecule has 1 amide bonds. The SMILES string of the molecule is CONC(=O)c1cc(CCc2cnc(Nc3ccc(N4CCN(CCO)CC4)cc3)nc2)cc(OC)c1. The Morgan fingerprint density at radius 2 is 1.68 bits per heavy atom. The maximum absolute atomic E-state index is 12.1. The molecule has 0 radical (unpaired) electrons. The third-order valence-corrected chi connectivity index (χ3v) is 6.34. The first kappa shape index (κ1) is 26.3. The summed E-state index contributed by atoms with van der Waals surface area (Å²) < 4.78 is 5.34. The molecule has 0 spiro atoms. The van der Waals surface area contributed by atoms with E-state index in [2.05, 4.69) is 42.7 Å². The van der Waals surface area contributed by atoms with E-state index in [1.165, 1.54) is 12.8 Å². The van der Waals surface area contributed by atoms with Gasteiger partial charge < -0.3 is 20.1 Å². The Balaban J connectivity index is 1.30. The fraction of sp³-hybridized carbons (Fsp3) is 0.370. The lowest BCUT2D eigenvalue weighted by Gasteiger charge is -2.35. The standard InChI is InChI=1S/C27H34N6O4/c1-36-25-16-20(15-22(17-25)26(35)31-37-2)3-4-21-18-28-27(29-19-21)30-23-5-7-24(8-6-23)33-11-9-32(10-12-33)13-14-34/h5-8,15-19,34H,3-4,9-14H2,1-2H3,(H,31,35)(H,28,29,30). The van der Waals surface area contributed by atoms with E-state index in [0.717, 1.165) is 56.0 Å². The monoisotopic (exact) mass is 506 g/mol. The fourth-order valence-electron chi connectivity index (χ4n) is 4.30. The number of anilines is 3. The van der Waals surface area contributed by atoms with Crippen molar-refractivity contribution in [2.75, 3.05) is 63.8 Å². The van der Waals surface area contributed by atoms with Crippen LogP contribution in [0.25, 0.3) is 0 Å². The highest BCUT2D eigenvalue weighted by atomic mass is 16.6. The summed E-state index contributed by atoms with van der Waals surface area (Å²) >= 11 is 0. The van der Waals surface area contributed by atoms with Crippen molar-refractivity contribution in [3.8, 4) is 5.75 Å². The van der Waals surface area contributed by atoms with Crippen LogP contribution in [0.5, 0.6) is 5.75 Å². The van der Waals surface area contributed by atoms with Crippen molar-refractivity contribution in [3.63, 3.8) is 0 Å². The highest BCUT2D eigenvalue weighted by Gasteiger charge is 2.16. The molecule has 10 nitrogen and oxygen atoms in total. The van der Waals surface area contributed by atoms with Crippen LogP contribution in [0.2, 0.25) is 0 Å². The second-order valence-electron chi connectivity index (χ2n) is 8.84. The molecule has 0 atom stereocenters. The number of aromatic nitrogens is 2. The Kier molecular flexibility index (Phi) is 9.25. The first-order chi connectivity index (χ1) is 18.1. The van der Waals surface area contributed by atoms with Crippen molar-refractivity contribution in [1.82, 2.24) is 20.3 Å². The number of hydrogen-bond acceptors (Lipinski definition) is 9. The van der Waals surface area contributed by atoms with Crippen molar-refractivity contribution < 1.29 is 19.5 Å². The first-order valence-corrected chi connectivity index (χ1v) is 12.4. The minimum atomic E-state index is -0.324. The van der Waals surface area contributed by atoms with Crippen LogP contribution >= 0.6 is 0 Å².